The minimum absolute atomic E-state index is 0. The summed E-state index contributed by atoms with van der Waals surface area (Å²) in [5.41, 5.74) is 5.13. The number of halogens is 1. The molecule has 4 N–H and O–H groups in total. The Morgan fingerprint density at radius 1 is 1.23 bits per heavy atom. The molecule has 1 atom stereocenters. The number of amides is 3. The van der Waals surface area contributed by atoms with Crippen LogP contribution in [-0.4, -0.2) is 48.6 Å². The summed E-state index contributed by atoms with van der Waals surface area (Å²) in [6.07, 6.45) is 4.38. The first-order valence-electron chi connectivity index (χ1n) is 8.00. The molecular formula is C15H29ClN4O2. The topological polar surface area (TPSA) is 87.5 Å². The Morgan fingerprint density at radius 2 is 1.86 bits per heavy atom. The smallest absolute Gasteiger partial charge is 0.315 e. The van der Waals surface area contributed by atoms with Crippen molar-refractivity contribution in [2.24, 2.45) is 11.1 Å². The van der Waals surface area contributed by atoms with Gasteiger partial charge in [0.05, 0.1) is 0 Å². The number of likely N-dealkylation sites (tertiary alicyclic amines) is 1. The van der Waals surface area contributed by atoms with Gasteiger partial charge in [0.1, 0.15) is 5.54 Å². The highest BCUT2D eigenvalue weighted by molar-refractivity contribution is 5.91. The zero-order chi connectivity index (χ0) is 15.5. The van der Waals surface area contributed by atoms with Gasteiger partial charge in [-0.2, -0.15) is 0 Å². The van der Waals surface area contributed by atoms with Crippen molar-refractivity contribution in [3.8, 4) is 0 Å². The molecular weight excluding hydrogens is 304 g/mol. The van der Waals surface area contributed by atoms with E-state index in [1.165, 1.54) is 0 Å². The van der Waals surface area contributed by atoms with Gasteiger partial charge in [0, 0.05) is 19.6 Å². The van der Waals surface area contributed by atoms with E-state index in [1.54, 1.807) is 0 Å². The first-order chi connectivity index (χ1) is 9.95. The number of nitrogens with two attached hydrogens (primary N) is 1. The lowest BCUT2D eigenvalue weighted by Crippen LogP contribution is -2.60. The standard InChI is InChI=1S/C15H28N4O2.ClH/c1-3-17-13(21)18-15(6-4-5-7-15)12(20)19-9-8-14(2,10-16)11-19;/h3-11,16H2,1-2H3,(H2,17,18,21);1H. The maximum absolute atomic E-state index is 13.0. The maximum atomic E-state index is 13.0. The number of carbonyl (C=O) groups is 2. The highest BCUT2D eigenvalue weighted by Gasteiger charge is 2.47. The van der Waals surface area contributed by atoms with Gasteiger partial charge in [0.15, 0.2) is 0 Å². The van der Waals surface area contributed by atoms with E-state index < -0.39 is 5.54 Å². The van der Waals surface area contributed by atoms with Crippen molar-refractivity contribution in [2.75, 3.05) is 26.2 Å². The van der Waals surface area contributed by atoms with E-state index in [-0.39, 0.29) is 29.8 Å². The van der Waals surface area contributed by atoms with Crippen LogP contribution in [0.15, 0.2) is 0 Å². The molecule has 1 saturated heterocycles. The molecule has 7 heteroatoms. The fourth-order valence-corrected chi connectivity index (χ4v) is 3.46. The van der Waals surface area contributed by atoms with Crippen LogP contribution in [0.5, 0.6) is 0 Å². The van der Waals surface area contributed by atoms with Gasteiger partial charge in [-0.15, -0.1) is 12.4 Å². The van der Waals surface area contributed by atoms with Gasteiger partial charge in [0.25, 0.3) is 0 Å². The second kappa shape index (κ2) is 7.51. The Hall–Kier alpha value is -1.01. The summed E-state index contributed by atoms with van der Waals surface area (Å²) in [5.74, 6) is 0.0726. The number of rotatable bonds is 4. The highest BCUT2D eigenvalue weighted by atomic mass is 35.5. The number of nitrogens with zero attached hydrogens (tertiary/aromatic N) is 1. The van der Waals surface area contributed by atoms with E-state index in [4.69, 9.17) is 5.73 Å². The lowest BCUT2D eigenvalue weighted by Gasteiger charge is -2.34. The summed E-state index contributed by atoms with van der Waals surface area (Å²) in [4.78, 5) is 26.7. The van der Waals surface area contributed by atoms with Gasteiger partial charge >= 0.3 is 6.03 Å². The van der Waals surface area contributed by atoms with Crippen LogP contribution in [0.2, 0.25) is 0 Å². The predicted octanol–water partition coefficient (Wildman–Crippen LogP) is 1.24. The van der Waals surface area contributed by atoms with Gasteiger partial charge < -0.3 is 21.3 Å². The number of carbonyl (C=O) groups excluding carboxylic acids is 2. The molecule has 0 aromatic heterocycles. The molecule has 0 radical (unpaired) electrons. The lowest BCUT2D eigenvalue weighted by atomic mass is 9.90. The molecule has 6 nitrogen and oxygen atoms in total. The molecule has 2 fully saturated rings. The fourth-order valence-electron chi connectivity index (χ4n) is 3.46. The molecule has 0 aromatic carbocycles. The van der Waals surface area contributed by atoms with E-state index in [0.717, 1.165) is 38.6 Å². The molecule has 2 rings (SSSR count). The van der Waals surface area contributed by atoms with Crippen LogP contribution < -0.4 is 16.4 Å². The fraction of sp³-hybridized carbons (Fsp3) is 0.867. The van der Waals surface area contributed by atoms with Gasteiger partial charge in [-0.05, 0) is 38.1 Å². The maximum Gasteiger partial charge on any atom is 0.315 e. The van der Waals surface area contributed by atoms with Gasteiger partial charge in [-0.1, -0.05) is 19.8 Å². The molecule has 0 spiro atoms. The van der Waals surface area contributed by atoms with Crippen LogP contribution in [0.1, 0.15) is 46.0 Å². The van der Waals surface area contributed by atoms with Crippen LogP contribution in [0, 0.1) is 5.41 Å². The third-order valence-corrected chi connectivity index (χ3v) is 4.89. The van der Waals surface area contributed by atoms with Gasteiger partial charge in [-0.25, -0.2) is 4.79 Å². The Labute approximate surface area is 139 Å². The van der Waals surface area contributed by atoms with Gasteiger partial charge in [0.2, 0.25) is 5.91 Å². The average molecular weight is 333 g/mol. The third kappa shape index (κ3) is 3.84. The molecule has 128 valence electrons. The molecule has 1 aliphatic heterocycles. The van der Waals surface area contributed by atoms with Crippen molar-refractivity contribution in [2.45, 2.75) is 51.5 Å². The summed E-state index contributed by atoms with van der Waals surface area (Å²) < 4.78 is 0. The first-order valence-corrected chi connectivity index (χ1v) is 8.00. The summed E-state index contributed by atoms with van der Waals surface area (Å²) in [6.45, 7) is 6.58. The predicted molar refractivity (Wildman–Crippen MR) is 89.0 cm³/mol. The van der Waals surface area contributed by atoms with Crippen molar-refractivity contribution < 1.29 is 9.59 Å². The SMILES string of the molecule is CCNC(=O)NC1(C(=O)N2CCC(C)(CN)C2)CCCC1.Cl. The largest absolute Gasteiger partial charge is 0.340 e. The zero-order valence-corrected chi connectivity index (χ0v) is 14.4. The highest BCUT2D eigenvalue weighted by Crippen LogP contribution is 2.35. The van der Waals surface area contributed by atoms with E-state index >= 15 is 0 Å². The third-order valence-electron chi connectivity index (χ3n) is 4.89. The van der Waals surface area contributed by atoms with Crippen LogP contribution in [0.3, 0.4) is 0 Å². The lowest BCUT2D eigenvalue weighted by molar-refractivity contribution is -0.137. The molecule has 0 aromatic rings. The van der Waals surface area contributed by atoms with Crippen molar-refractivity contribution in [3.63, 3.8) is 0 Å². The quantitative estimate of drug-likeness (QED) is 0.723. The molecule has 0 bridgehead atoms. The molecule has 22 heavy (non-hydrogen) atoms. The molecule has 3 amide bonds. The minimum atomic E-state index is -0.709. The number of hydrogen-bond donors (Lipinski definition) is 3. The van der Waals surface area contributed by atoms with Crippen LogP contribution in [0.25, 0.3) is 0 Å². The summed E-state index contributed by atoms with van der Waals surface area (Å²) in [6, 6.07) is -0.242. The minimum Gasteiger partial charge on any atom is -0.340 e. The number of urea groups is 1. The van der Waals surface area contributed by atoms with E-state index in [2.05, 4.69) is 17.6 Å². The number of nitrogens with one attached hydrogen (secondary N) is 2. The Kier molecular flexibility index (Phi) is 6.50. The van der Waals surface area contributed by atoms with Crippen LogP contribution in [0.4, 0.5) is 4.79 Å². The summed E-state index contributed by atoms with van der Waals surface area (Å²) in [5, 5.41) is 5.67. The van der Waals surface area contributed by atoms with Gasteiger partial charge in [-0.3, -0.25) is 4.79 Å². The molecule has 1 unspecified atom stereocenters. The van der Waals surface area contributed by atoms with Crippen molar-refractivity contribution >= 4 is 24.3 Å². The molecule has 1 aliphatic carbocycles. The summed E-state index contributed by atoms with van der Waals surface area (Å²) in [7, 11) is 0. The Morgan fingerprint density at radius 3 is 2.36 bits per heavy atom. The average Bonchev–Trinajstić information content (AvgIpc) is 3.07. The zero-order valence-electron chi connectivity index (χ0n) is 13.6. The monoisotopic (exact) mass is 332 g/mol. The molecule has 2 aliphatic rings. The van der Waals surface area contributed by atoms with Crippen LogP contribution >= 0.6 is 12.4 Å². The molecule has 1 heterocycles. The summed E-state index contributed by atoms with van der Waals surface area (Å²) >= 11 is 0. The number of hydrogen-bond acceptors (Lipinski definition) is 3. The second-order valence-electron chi connectivity index (χ2n) is 6.77. The second-order valence-corrected chi connectivity index (χ2v) is 6.77. The Bertz CT molecular complexity index is 412. The van der Waals surface area contributed by atoms with E-state index in [0.29, 0.717) is 19.6 Å². The first kappa shape index (κ1) is 19.0. The van der Waals surface area contributed by atoms with Crippen molar-refractivity contribution in [3.05, 3.63) is 0 Å². The normalized spacial score (nSPS) is 26.4. The van der Waals surface area contributed by atoms with Crippen molar-refractivity contribution in [1.82, 2.24) is 15.5 Å². The Balaban J connectivity index is 0.00000242. The molecule has 1 saturated carbocycles. The van der Waals surface area contributed by atoms with Crippen molar-refractivity contribution in [1.29, 1.82) is 0 Å². The van der Waals surface area contributed by atoms with Crippen LogP contribution in [-0.2, 0) is 4.79 Å². The van der Waals surface area contributed by atoms with E-state index in [1.807, 2.05) is 11.8 Å². The van der Waals surface area contributed by atoms with E-state index in [9.17, 15) is 9.59 Å².